The molecule has 0 aromatic carbocycles. The number of nitrogens with zero attached hydrogens (tertiary/aromatic N) is 3. The highest BCUT2D eigenvalue weighted by molar-refractivity contribution is 6.00. The van der Waals surface area contributed by atoms with Crippen LogP contribution in [0.3, 0.4) is 0 Å². The molecule has 1 saturated carbocycles. The topological polar surface area (TPSA) is 102 Å². The largest absolute Gasteiger partial charge is 0.477 e. The van der Waals surface area contributed by atoms with E-state index in [2.05, 4.69) is 9.97 Å². The molecule has 1 aliphatic carbocycles. The molecule has 1 amide bonds. The van der Waals surface area contributed by atoms with E-state index in [1.165, 1.54) is 0 Å². The molecule has 7 nitrogen and oxygen atoms in total. The third-order valence-electron chi connectivity index (χ3n) is 4.39. The zero-order valence-corrected chi connectivity index (χ0v) is 12.8. The number of nitrogen functional groups attached to an aromatic ring is 1. The molecule has 0 unspecified atom stereocenters. The predicted molar refractivity (Wildman–Crippen MR) is 80.4 cm³/mol. The summed E-state index contributed by atoms with van der Waals surface area (Å²) in [5, 5.41) is 10.3. The van der Waals surface area contributed by atoms with Crippen molar-refractivity contribution >= 4 is 11.9 Å². The first-order chi connectivity index (χ1) is 10.6. The van der Waals surface area contributed by atoms with Crippen molar-refractivity contribution in [1.29, 1.82) is 0 Å². The van der Waals surface area contributed by atoms with Crippen LogP contribution in [0.5, 0.6) is 5.88 Å². The van der Waals surface area contributed by atoms with E-state index in [1.54, 1.807) is 4.90 Å². The normalized spacial score (nSPS) is 25.0. The van der Waals surface area contributed by atoms with Gasteiger partial charge in [-0.05, 0) is 19.8 Å². The molecule has 3 N–H and O–H groups in total. The van der Waals surface area contributed by atoms with Gasteiger partial charge in [-0.1, -0.05) is 19.3 Å². The van der Waals surface area contributed by atoms with Gasteiger partial charge in [0, 0.05) is 0 Å². The molecule has 0 bridgehead atoms. The van der Waals surface area contributed by atoms with Gasteiger partial charge in [0.05, 0.1) is 31.0 Å². The zero-order chi connectivity index (χ0) is 15.7. The lowest BCUT2D eigenvalue weighted by Crippen LogP contribution is -2.43. The summed E-state index contributed by atoms with van der Waals surface area (Å²) < 4.78 is 5.45. The second-order valence-corrected chi connectivity index (χ2v) is 5.85. The number of aliphatic hydroxyl groups is 1. The van der Waals surface area contributed by atoms with Crippen molar-refractivity contribution in [2.24, 2.45) is 0 Å². The average Bonchev–Trinajstić information content (AvgIpc) is 2.66. The molecule has 1 fully saturated rings. The predicted octanol–water partition coefficient (Wildman–Crippen LogP) is 1.11. The number of fused-ring (bicyclic) bond motifs is 1. The Kier molecular flexibility index (Phi) is 4.15. The fourth-order valence-electron chi connectivity index (χ4n) is 3.35. The van der Waals surface area contributed by atoms with Crippen LogP contribution in [0.15, 0.2) is 0 Å². The van der Waals surface area contributed by atoms with Crippen LogP contribution in [-0.4, -0.2) is 44.6 Å². The number of ether oxygens (including phenoxy) is 1. The Morgan fingerprint density at radius 2 is 2.09 bits per heavy atom. The summed E-state index contributed by atoms with van der Waals surface area (Å²) in [5.41, 5.74) is 6.69. The standard InChI is InChI=1S/C15H22N4O3/c1-2-22-13-12-9(17-15(16)18-13)8-19(14(12)21)10-6-4-3-5-7-11(10)20/h10-11,20H,2-8H2,1H3,(H2,16,17,18)/t10-,11+/m0/s1. The van der Waals surface area contributed by atoms with Crippen molar-refractivity contribution in [2.75, 3.05) is 12.3 Å². The van der Waals surface area contributed by atoms with Gasteiger partial charge < -0.3 is 20.5 Å². The van der Waals surface area contributed by atoms with Gasteiger partial charge in [-0.25, -0.2) is 4.98 Å². The van der Waals surface area contributed by atoms with E-state index in [0.717, 1.165) is 32.1 Å². The van der Waals surface area contributed by atoms with Crippen molar-refractivity contribution in [3.8, 4) is 5.88 Å². The van der Waals surface area contributed by atoms with Crippen LogP contribution in [0.25, 0.3) is 0 Å². The first-order valence-corrected chi connectivity index (χ1v) is 7.90. The van der Waals surface area contributed by atoms with E-state index in [1.807, 2.05) is 6.92 Å². The Balaban J connectivity index is 1.91. The highest BCUT2D eigenvalue weighted by Crippen LogP contribution is 2.33. The number of carbonyl (C=O) groups is 1. The monoisotopic (exact) mass is 306 g/mol. The molecular formula is C15H22N4O3. The summed E-state index contributed by atoms with van der Waals surface area (Å²) in [6.45, 7) is 2.60. The van der Waals surface area contributed by atoms with Gasteiger partial charge in [0.1, 0.15) is 5.56 Å². The van der Waals surface area contributed by atoms with Crippen molar-refractivity contribution in [3.05, 3.63) is 11.3 Å². The van der Waals surface area contributed by atoms with Gasteiger partial charge in [0.15, 0.2) is 0 Å². The molecule has 22 heavy (non-hydrogen) atoms. The molecule has 0 saturated heterocycles. The number of aromatic nitrogens is 2. The fraction of sp³-hybridized carbons (Fsp3) is 0.667. The minimum absolute atomic E-state index is 0.110. The highest BCUT2D eigenvalue weighted by Gasteiger charge is 2.40. The van der Waals surface area contributed by atoms with Crippen molar-refractivity contribution in [1.82, 2.24) is 14.9 Å². The van der Waals surface area contributed by atoms with Crippen LogP contribution in [0.2, 0.25) is 0 Å². The van der Waals surface area contributed by atoms with Crippen molar-refractivity contribution in [3.63, 3.8) is 0 Å². The minimum Gasteiger partial charge on any atom is -0.477 e. The molecular weight excluding hydrogens is 284 g/mol. The van der Waals surface area contributed by atoms with Crippen LogP contribution < -0.4 is 10.5 Å². The van der Waals surface area contributed by atoms with E-state index < -0.39 is 6.10 Å². The Bertz CT molecular complexity index is 578. The Morgan fingerprint density at radius 1 is 1.32 bits per heavy atom. The number of hydrogen-bond acceptors (Lipinski definition) is 6. The number of rotatable bonds is 3. The Hall–Kier alpha value is -1.89. The molecule has 2 atom stereocenters. The van der Waals surface area contributed by atoms with Gasteiger partial charge in [0.2, 0.25) is 11.8 Å². The number of anilines is 1. The lowest BCUT2D eigenvalue weighted by Gasteiger charge is -2.30. The van der Waals surface area contributed by atoms with E-state index >= 15 is 0 Å². The minimum atomic E-state index is -0.485. The Labute approximate surface area is 129 Å². The molecule has 0 radical (unpaired) electrons. The number of carbonyl (C=O) groups excluding carboxylic acids is 1. The summed E-state index contributed by atoms with van der Waals surface area (Å²) in [4.78, 5) is 22.7. The smallest absolute Gasteiger partial charge is 0.261 e. The van der Waals surface area contributed by atoms with Gasteiger partial charge in [-0.2, -0.15) is 4.98 Å². The van der Waals surface area contributed by atoms with E-state index in [0.29, 0.717) is 24.4 Å². The summed E-state index contributed by atoms with van der Waals surface area (Å²) in [7, 11) is 0. The molecule has 0 spiro atoms. The van der Waals surface area contributed by atoms with E-state index in [4.69, 9.17) is 10.5 Å². The zero-order valence-electron chi connectivity index (χ0n) is 12.8. The SMILES string of the molecule is CCOc1nc(N)nc2c1C(=O)N([C@H]1CCCCC[C@H]1O)C2. The van der Waals surface area contributed by atoms with Crippen molar-refractivity contribution in [2.45, 2.75) is 57.7 Å². The first-order valence-electron chi connectivity index (χ1n) is 7.90. The molecule has 1 aromatic heterocycles. The van der Waals surface area contributed by atoms with Crippen LogP contribution in [0.4, 0.5) is 5.95 Å². The highest BCUT2D eigenvalue weighted by atomic mass is 16.5. The van der Waals surface area contributed by atoms with Gasteiger partial charge in [-0.15, -0.1) is 0 Å². The summed E-state index contributed by atoms with van der Waals surface area (Å²) in [5.74, 6) is 0.197. The molecule has 3 rings (SSSR count). The summed E-state index contributed by atoms with van der Waals surface area (Å²) in [6, 6.07) is -0.167. The molecule has 2 aliphatic rings. The summed E-state index contributed by atoms with van der Waals surface area (Å²) in [6.07, 6.45) is 4.18. The maximum atomic E-state index is 12.8. The van der Waals surface area contributed by atoms with Gasteiger partial charge in [-0.3, -0.25) is 4.79 Å². The molecule has 1 aliphatic heterocycles. The van der Waals surface area contributed by atoms with Crippen LogP contribution in [0.1, 0.15) is 55.1 Å². The van der Waals surface area contributed by atoms with E-state index in [9.17, 15) is 9.90 Å². The quantitative estimate of drug-likeness (QED) is 0.811. The molecule has 1 aromatic rings. The third-order valence-corrected chi connectivity index (χ3v) is 4.39. The molecule has 120 valence electrons. The van der Waals surface area contributed by atoms with Crippen LogP contribution in [0, 0.1) is 0 Å². The number of hydrogen-bond donors (Lipinski definition) is 2. The number of aliphatic hydroxyl groups excluding tert-OH is 1. The van der Waals surface area contributed by atoms with Crippen LogP contribution in [-0.2, 0) is 6.54 Å². The number of amides is 1. The first kappa shape index (κ1) is 15.0. The summed E-state index contributed by atoms with van der Waals surface area (Å²) >= 11 is 0. The van der Waals surface area contributed by atoms with Gasteiger partial charge in [0.25, 0.3) is 5.91 Å². The second kappa shape index (κ2) is 6.08. The van der Waals surface area contributed by atoms with Crippen LogP contribution >= 0.6 is 0 Å². The lowest BCUT2D eigenvalue weighted by atomic mass is 10.0. The van der Waals surface area contributed by atoms with Crippen molar-refractivity contribution < 1.29 is 14.6 Å². The average molecular weight is 306 g/mol. The van der Waals surface area contributed by atoms with Gasteiger partial charge >= 0.3 is 0 Å². The maximum absolute atomic E-state index is 12.8. The third kappa shape index (κ3) is 2.61. The maximum Gasteiger partial charge on any atom is 0.261 e. The van der Waals surface area contributed by atoms with E-state index in [-0.39, 0.29) is 23.8 Å². The fourth-order valence-corrected chi connectivity index (χ4v) is 3.35. The molecule has 2 heterocycles. The molecule has 7 heteroatoms. The number of nitrogens with two attached hydrogens (primary N) is 1. The lowest BCUT2D eigenvalue weighted by molar-refractivity contribution is 0.0343. The Morgan fingerprint density at radius 3 is 2.86 bits per heavy atom. The second-order valence-electron chi connectivity index (χ2n) is 5.85.